The van der Waals surface area contributed by atoms with E-state index in [1.54, 1.807) is 23.9 Å². The molecule has 1 saturated carbocycles. The van der Waals surface area contributed by atoms with Gasteiger partial charge in [0.1, 0.15) is 5.82 Å². The molecule has 2 nitrogen and oxygen atoms in total. The summed E-state index contributed by atoms with van der Waals surface area (Å²) in [5.74, 6) is 1.73. The molecule has 19 heavy (non-hydrogen) atoms. The van der Waals surface area contributed by atoms with Crippen LogP contribution in [0.2, 0.25) is 0 Å². The monoisotopic (exact) mass is 390 g/mol. The van der Waals surface area contributed by atoms with Gasteiger partial charge in [0, 0.05) is 9.32 Å². The van der Waals surface area contributed by atoms with Crippen molar-refractivity contribution in [3.05, 3.63) is 27.6 Å². The third-order valence-electron chi connectivity index (χ3n) is 3.76. The Morgan fingerprint density at radius 2 is 2.16 bits per heavy atom. The Morgan fingerprint density at radius 3 is 3.00 bits per heavy atom. The lowest BCUT2D eigenvalue weighted by Crippen LogP contribution is -2.31. The van der Waals surface area contributed by atoms with Gasteiger partial charge in [-0.05, 0) is 59.5 Å². The van der Waals surface area contributed by atoms with Gasteiger partial charge in [0.15, 0.2) is 5.17 Å². The first-order chi connectivity index (χ1) is 9.22. The van der Waals surface area contributed by atoms with Crippen molar-refractivity contribution in [2.24, 2.45) is 10.9 Å². The second-order valence-electron chi connectivity index (χ2n) is 5.11. The van der Waals surface area contributed by atoms with Gasteiger partial charge in [0.05, 0.1) is 11.7 Å². The summed E-state index contributed by atoms with van der Waals surface area (Å²) < 4.78 is 14.0. The Bertz CT molecular complexity index is 506. The van der Waals surface area contributed by atoms with Gasteiger partial charge in [0.2, 0.25) is 0 Å². The molecule has 0 aromatic heterocycles. The number of nitrogens with one attached hydrogen (secondary N) is 1. The number of benzene rings is 1. The first kappa shape index (κ1) is 13.7. The summed E-state index contributed by atoms with van der Waals surface area (Å²) in [4.78, 5) is 4.83. The van der Waals surface area contributed by atoms with Crippen molar-refractivity contribution in [3.8, 4) is 0 Å². The molecule has 1 N–H and O–H groups in total. The summed E-state index contributed by atoms with van der Waals surface area (Å²) >= 11 is 3.95. The topological polar surface area (TPSA) is 24.4 Å². The fourth-order valence-electron chi connectivity index (χ4n) is 2.70. The van der Waals surface area contributed by atoms with Crippen molar-refractivity contribution < 1.29 is 4.39 Å². The number of fused-ring (bicyclic) bond motifs is 1. The number of amidine groups is 1. The van der Waals surface area contributed by atoms with Crippen LogP contribution in [0.4, 0.5) is 10.1 Å². The van der Waals surface area contributed by atoms with E-state index in [2.05, 4.69) is 27.9 Å². The molecule has 2 aliphatic rings. The second-order valence-corrected chi connectivity index (χ2v) is 7.28. The normalized spacial score (nSPS) is 26.5. The SMILES string of the molecule is Fc1ccc(NC2=NC3CCCCC3CS2)c(I)c1. The Morgan fingerprint density at radius 1 is 1.32 bits per heavy atom. The van der Waals surface area contributed by atoms with E-state index in [0.717, 1.165) is 26.1 Å². The fraction of sp³-hybridized carbons (Fsp3) is 0.500. The minimum Gasteiger partial charge on any atom is -0.334 e. The van der Waals surface area contributed by atoms with Gasteiger partial charge in [0.25, 0.3) is 0 Å². The van der Waals surface area contributed by atoms with Crippen molar-refractivity contribution in [2.75, 3.05) is 11.1 Å². The van der Waals surface area contributed by atoms with Crippen LogP contribution in [0.25, 0.3) is 0 Å². The van der Waals surface area contributed by atoms with Crippen molar-refractivity contribution >= 4 is 45.2 Å². The van der Waals surface area contributed by atoms with Crippen LogP contribution in [0, 0.1) is 15.3 Å². The van der Waals surface area contributed by atoms with E-state index in [-0.39, 0.29) is 5.82 Å². The highest BCUT2D eigenvalue weighted by molar-refractivity contribution is 14.1. The molecular formula is C14H16FIN2S. The highest BCUT2D eigenvalue weighted by atomic mass is 127. The molecule has 1 aromatic carbocycles. The largest absolute Gasteiger partial charge is 0.334 e. The quantitative estimate of drug-likeness (QED) is 0.714. The Balaban J connectivity index is 1.74. The van der Waals surface area contributed by atoms with E-state index in [9.17, 15) is 4.39 Å². The predicted octanol–water partition coefficient (Wildman–Crippen LogP) is 4.50. The van der Waals surface area contributed by atoms with Crippen molar-refractivity contribution in [2.45, 2.75) is 31.7 Å². The molecule has 0 radical (unpaired) electrons. The number of halogens is 2. The predicted molar refractivity (Wildman–Crippen MR) is 88.4 cm³/mol. The number of hydrogen-bond acceptors (Lipinski definition) is 3. The molecule has 1 fully saturated rings. The lowest BCUT2D eigenvalue weighted by atomic mass is 9.86. The highest BCUT2D eigenvalue weighted by Gasteiger charge is 2.29. The van der Waals surface area contributed by atoms with E-state index in [0.29, 0.717) is 6.04 Å². The van der Waals surface area contributed by atoms with Gasteiger partial charge < -0.3 is 5.32 Å². The lowest BCUT2D eigenvalue weighted by Gasteiger charge is -2.32. The molecule has 2 unspecified atom stereocenters. The zero-order valence-corrected chi connectivity index (χ0v) is 13.5. The molecule has 2 atom stereocenters. The molecule has 1 aliphatic heterocycles. The molecule has 1 heterocycles. The van der Waals surface area contributed by atoms with Crippen LogP contribution < -0.4 is 5.32 Å². The van der Waals surface area contributed by atoms with Crippen molar-refractivity contribution in [3.63, 3.8) is 0 Å². The number of aliphatic imine (C=N–C) groups is 1. The molecule has 0 bridgehead atoms. The first-order valence-corrected chi connectivity index (χ1v) is 8.71. The molecule has 1 aromatic rings. The highest BCUT2D eigenvalue weighted by Crippen LogP contribution is 2.34. The van der Waals surface area contributed by atoms with Gasteiger partial charge in [-0.3, -0.25) is 4.99 Å². The molecule has 5 heteroatoms. The molecule has 3 rings (SSSR count). The Hall–Kier alpha value is -0.300. The maximum Gasteiger partial charge on any atom is 0.161 e. The van der Waals surface area contributed by atoms with E-state index >= 15 is 0 Å². The molecule has 0 spiro atoms. The molecular weight excluding hydrogens is 374 g/mol. The maximum atomic E-state index is 13.1. The average Bonchev–Trinajstić information content (AvgIpc) is 2.42. The van der Waals surface area contributed by atoms with E-state index in [1.807, 2.05) is 0 Å². The number of anilines is 1. The molecule has 1 aliphatic carbocycles. The van der Waals surface area contributed by atoms with Crippen LogP contribution >= 0.6 is 34.4 Å². The first-order valence-electron chi connectivity index (χ1n) is 6.65. The second kappa shape index (κ2) is 5.99. The third kappa shape index (κ3) is 3.24. The smallest absolute Gasteiger partial charge is 0.161 e. The minimum atomic E-state index is -0.194. The standard InChI is InChI=1S/C14H16FIN2S/c15-10-5-6-13(11(16)7-10)18-14-17-12-4-2-1-3-9(12)8-19-14/h5-7,9,12H,1-4,8H2,(H,17,18). The summed E-state index contributed by atoms with van der Waals surface area (Å²) in [6.07, 6.45) is 5.20. The van der Waals surface area contributed by atoms with Crippen LogP contribution in [0.3, 0.4) is 0 Å². The number of rotatable bonds is 1. The number of nitrogens with zero attached hydrogens (tertiary/aromatic N) is 1. The maximum absolute atomic E-state index is 13.1. The summed E-state index contributed by atoms with van der Waals surface area (Å²) in [5, 5.41) is 4.34. The molecule has 102 valence electrons. The zero-order chi connectivity index (χ0) is 13.2. The number of thioether (sulfide) groups is 1. The molecule has 0 amide bonds. The van der Waals surface area contributed by atoms with Gasteiger partial charge in [-0.15, -0.1) is 0 Å². The molecule has 0 saturated heterocycles. The third-order valence-corrected chi connectivity index (χ3v) is 5.73. The minimum absolute atomic E-state index is 0.194. The van der Waals surface area contributed by atoms with Gasteiger partial charge in [-0.1, -0.05) is 24.6 Å². The van der Waals surface area contributed by atoms with Gasteiger partial charge in [-0.25, -0.2) is 4.39 Å². The van der Waals surface area contributed by atoms with Crippen LogP contribution in [0.1, 0.15) is 25.7 Å². The Kier molecular flexibility index (Phi) is 4.31. The lowest BCUT2D eigenvalue weighted by molar-refractivity contribution is 0.336. The van der Waals surface area contributed by atoms with E-state index in [1.165, 1.54) is 31.7 Å². The van der Waals surface area contributed by atoms with Crippen molar-refractivity contribution in [1.29, 1.82) is 0 Å². The van der Waals surface area contributed by atoms with Crippen LogP contribution in [0.15, 0.2) is 23.2 Å². The van der Waals surface area contributed by atoms with Gasteiger partial charge in [-0.2, -0.15) is 0 Å². The summed E-state index contributed by atoms with van der Waals surface area (Å²) in [5.41, 5.74) is 0.947. The van der Waals surface area contributed by atoms with Crippen LogP contribution in [-0.4, -0.2) is 17.0 Å². The average molecular weight is 390 g/mol. The van der Waals surface area contributed by atoms with Crippen LogP contribution in [-0.2, 0) is 0 Å². The Labute approximate surface area is 130 Å². The van der Waals surface area contributed by atoms with Crippen LogP contribution in [0.5, 0.6) is 0 Å². The zero-order valence-electron chi connectivity index (χ0n) is 10.5. The fourth-order valence-corrected chi connectivity index (χ4v) is 4.47. The van der Waals surface area contributed by atoms with E-state index in [4.69, 9.17) is 4.99 Å². The number of hydrogen-bond donors (Lipinski definition) is 1. The summed E-state index contributed by atoms with van der Waals surface area (Å²) in [6.45, 7) is 0. The summed E-state index contributed by atoms with van der Waals surface area (Å²) in [7, 11) is 0. The summed E-state index contributed by atoms with van der Waals surface area (Å²) in [6, 6.07) is 5.31. The van der Waals surface area contributed by atoms with Crippen molar-refractivity contribution in [1.82, 2.24) is 0 Å². The van der Waals surface area contributed by atoms with E-state index < -0.39 is 0 Å². The van der Waals surface area contributed by atoms with Gasteiger partial charge >= 0.3 is 0 Å².